The molecule has 0 aliphatic carbocycles. The summed E-state index contributed by atoms with van der Waals surface area (Å²) in [5.74, 6) is -0.393. The molecule has 0 saturated heterocycles. The topological polar surface area (TPSA) is 114 Å². The van der Waals surface area contributed by atoms with Gasteiger partial charge in [0.05, 0.1) is 4.90 Å². The molecule has 0 aliphatic rings. The molecule has 2 aromatic rings. The van der Waals surface area contributed by atoms with Crippen molar-refractivity contribution in [3.63, 3.8) is 0 Å². The van der Waals surface area contributed by atoms with Crippen LogP contribution in [0.5, 0.6) is 0 Å². The standard InChI is InChI=1S/C13H14N4O3S/c1-15-10-6-7-16-12(8-10)13(18)17-9-2-4-11(5-3-9)21(14,19)20/h2-8H,1H3,(H,15,16)(H,17,18)(H2,14,19,20). The molecule has 0 unspecified atom stereocenters. The van der Waals surface area contributed by atoms with Crippen molar-refractivity contribution >= 4 is 27.3 Å². The Kier molecular flexibility index (Phi) is 4.20. The van der Waals surface area contributed by atoms with Crippen LogP contribution in [0.1, 0.15) is 10.5 Å². The average Bonchev–Trinajstić information content (AvgIpc) is 2.47. The summed E-state index contributed by atoms with van der Waals surface area (Å²) in [4.78, 5) is 16.0. The summed E-state index contributed by atoms with van der Waals surface area (Å²) >= 11 is 0. The molecule has 0 spiro atoms. The molecule has 0 aliphatic heterocycles. The molecule has 110 valence electrons. The molecule has 7 nitrogen and oxygen atoms in total. The fourth-order valence-corrected chi connectivity index (χ4v) is 2.15. The molecule has 8 heteroatoms. The van der Waals surface area contributed by atoms with Gasteiger partial charge in [-0.3, -0.25) is 9.78 Å². The molecule has 1 aromatic carbocycles. The fraction of sp³-hybridized carbons (Fsp3) is 0.0769. The van der Waals surface area contributed by atoms with Crippen LogP contribution in [0.4, 0.5) is 11.4 Å². The van der Waals surface area contributed by atoms with Crippen LogP contribution in [0, 0.1) is 0 Å². The average molecular weight is 306 g/mol. The summed E-state index contributed by atoms with van der Waals surface area (Å²) in [5.41, 5.74) is 1.46. The van der Waals surface area contributed by atoms with Gasteiger partial charge in [-0.25, -0.2) is 13.6 Å². The van der Waals surface area contributed by atoms with Crippen LogP contribution in [0.2, 0.25) is 0 Å². The third-order valence-corrected chi connectivity index (χ3v) is 3.65. The van der Waals surface area contributed by atoms with Gasteiger partial charge in [0.25, 0.3) is 5.91 Å². The Balaban J connectivity index is 2.16. The highest BCUT2D eigenvalue weighted by molar-refractivity contribution is 7.89. The van der Waals surface area contributed by atoms with E-state index in [0.29, 0.717) is 5.69 Å². The predicted octanol–water partition coefficient (Wildman–Crippen LogP) is 1.02. The number of sulfonamides is 1. The Morgan fingerprint density at radius 2 is 1.81 bits per heavy atom. The molecular formula is C13H14N4O3S. The molecule has 1 aromatic heterocycles. The van der Waals surface area contributed by atoms with E-state index in [4.69, 9.17) is 5.14 Å². The molecule has 0 fully saturated rings. The van der Waals surface area contributed by atoms with Crippen molar-refractivity contribution in [3.8, 4) is 0 Å². The first-order valence-corrected chi connectivity index (χ1v) is 7.53. The molecule has 0 radical (unpaired) electrons. The Labute approximate surface area is 122 Å². The second kappa shape index (κ2) is 5.90. The number of nitrogens with zero attached hydrogens (tertiary/aromatic N) is 1. The van der Waals surface area contributed by atoms with Crippen molar-refractivity contribution in [1.29, 1.82) is 0 Å². The van der Waals surface area contributed by atoms with Gasteiger partial charge in [-0.1, -0.05) is 0 Å². The van der Waals surface area contributed by atoms with Gasteiger partial charge in [-0.05, 0) is 36.4 Å². The van der Waals surface area contributed by atoms with E-state index >= 15 is 0 Å². The Bertz CT molecular complexity index is 757. The highest BCUT2D eigenvalue weighted by Gasteiger charge is 2.10. The Morgan fingerprint density at radius 1 is 1.14 bits per heavy atom. The summed E-state index contributed by atoms with van der Waals surface area (Å²) in [7, 11) is -2.00. The number of carbonyl (C=O) groups is 1. The molecule has 1 amide bonds. The van der Waals surface area contributed by atoms with Crippen molar-refractivity contribution in [2.75, 3.05) is 17.7 Å². The van der Waals surface area contributed by atoms with Gasteiger partial charge in [0.2, 0.25) is 10.0 Å². The highest BCUT2D eigenvalue weighted by Crippen LogP contribution is 2.14. The maximum Gasteiger partial charge on any atom is 0.274 e. The molecule has 21 heavy (non-hydrogen) atoms. The van der Waals surface area contributed by atoms with Gasteiger partial charge in [-0.2, -0.15) is 0 Å². The van der Waals surface area contributed by atoms with E-state index in [1.54, 1.807) is 19.2 Å². The van der Waals surface area contributed by atoms with E-state index in [2.05, 4.69) is 15.6 Å². The molecule has 1 heterocycles. The number of pyridine rings is 1. The smallest absolute Gasteiger partial charge is 0.274 e. The fourth-order valence-electron chi connectivity index (χ4n) is 1.63. The number of anilines is 2. The number of nitrogens with one attached hydrogen (secondary N) is 2. The summed E-state index contributed by atoms with van der Waals surface area (Å²) in [5, 5.41) is 10.5. The number of rotatable bonds is 4. The van der Waals surface area contributed by atoms with Crippen molar-refractivity contribution in [1.82, 2.24) is 4.98 Å². The van der Waals surface area contributed by atoms with Crippen molar-refractivity contribution < 1.29 is 13.2 Å². The van der Waals surface area contributed by atoms with Crippen LogP contribution in [0.3, 0.4) is 0 Å². The Hall–Kier alpha value is -2.45. The largest absolute Gasteiger partial charge is 0.388 e. The van der Waals surface area contributed by atoms with Gasteiger partial charge in [0.1, 0.15) is 5.69 Å². The zero-order valence-electron chi connectivity index (χ0n) is 11.2. The number of nitrogens with two attached hydrogens (primary N) is 1. The monoisotopic (exact) mass is 306 g/mol. The minimum absolute atomic E-state index is 0.0178. The molecular weight excluding hydrogens is 292 g/mol. The lowest BCUT2D eigenvalue weighted by Gasteiger charge is -2.06. The van der Waals surface area contributed by atoms with E-state index < -0.39 is 15.9 Å². The second-order valence-electron chi connectivity index (χ2n) is 4.20. The number of hydrogen-bond acceptors (Lipinski definition) is 5. The summed E-state index contributed by atoms with van der Waals surface area (Å²) in [6.45, 7) is 0. The molecule has 0 atom stereocenters. The van der Waals surface area contributed by atoms with Crippen LogP contribution in [-0.2, 0) is 10.0 Å². The number of hydrogen-bond donors (Lipinski definition) is 3. The lowest BCUT2D eigenvalue weighted by Crippen LogP contribution is -2.15. The SMILES string of the molecule is CNc1ccnc(C(=O)Nc2ccc(S(N)(=O)=O)cc2)c1. The number of benzene rings is 1. The number of amides is 1. The summed E-state index contributed by atoms with van der Waals surface area (Å²) in [6.07, 6.45) is 1.52. The molecule has 2 rings (SSSR count). The van der Waals surface area contributed by atoms with Crippen LogP contribution >= 0.6 is 0 Å². The quantitative estimate of drug-likeness (QED) is 0.780. The summed E-state index contributed by atoms with van der Waals surface area (Å²) in [6, 6.07) is 8.90. The van der Waals surface area contributed by atoms with Gasteiger partial charge in [-0.15, -0.1) is 0 Å². The minimum atomic E-state index is -3.74. The van der Waals surface area contributed by atoms with Gasteiger partial charge < -0.3 is 10.6 Å². The van der Waals surface area contributed by atoms with E-state index in [1.807, 2.05) is 0 Å². The number of primary sulfonamides is 1. The highest BCUT2D eigenvalue weighted by atomic mass is 32.2. The Morgan fingerprint density at radius 3 is 2.38 bits per heavy atom. The van der Waals surface area contributed by atoms with E-state index in [9.17, 15) is 13.2 Å². The molecule has 0 saturated carbocycles. The van der Waals surface area contributed by atoms with Crippen molar-refractivity contribution in [2.24, 2.45) is 5.14 Å². The minimum Gasteiger partial charge on any atom is -0.388 e. The second-order valence-corrected chi connectivity index (χ2v) is 5.76. The first kappa shape index (κ1) is 14.9. The number of aromatic nitrogens is 1. The van der Waals surface area contributed by atoms with Crippen LogP contribution < -0.4 is 15.8 Å². The van der Waals surface area contributed by atoms with Crippen LogP contribution in [-0.4, -0.2) is 26.4 Å². The maximum atomic E-state index is 12.0. The first-order chi connectivity index (χ1) is 9.90. The lowest BCUT2D eigenvalue weighted by atomic mass is 10.2. The van der Waals surface area contributed by atoms with E-state index in [0.717, 1.165) is 5.69 Å². The van der Waals surface area contributed by atoms with Crippen molar-refractivity contribution in [2.45, 2.75) is 4.90 Å². The van der Waals surface area contributed by atoms with E-state index in [1.165, 1.54) is 30.5 Å². The van der Waals surface area contributed by atoms with Crippen LogP contribution in [0.15, 0.2) is 47.5 Å². The van der Waals surface area contributed by atoms with Crippen molar-refractivity contribution in [3.05, 3.63) is 48.3 Å². The van der Waals surface area contributed by atoms with Gasteiger partial charge in [0.15, 0.2) is 0 Å². The normalized spacial score (nSPS) is 11.0. The van der Waals surface area contributed by atoms with Crippen LogP contribution in [0.25, 0.3) is 0 Å². The third-order valence-electron chi connectivity index (χ3n) is 2.72. The zero-order valence-corrected chi connectivity index (χ0v) is 12.0. The molecule has 4 N–H and O–H groups in total. The van der Waals surface area contributed by atoms with E-state index in [-0.39, 0.29) is 10.6 Å². The first-order valence-electron chi connectivity index (χ1n) is 5.98. The number of carbonyl (C=O) groups excluding carboxylic acids is 1. The van der Waals surface area contributed by atoms with Gasteiger partial charge >= 0.3 is 0 Å². The van der Waals surface area contributed by atoms with Gasteiger partial charge in [0, 0.05) is 24.6 Å². The zero-order chi connectivity index (χ0) is 15.5. The summed E-state index contributed by atoms with van der Waals surface area (Å²) < 4.78 is 22.3. The lowest BCUT2D eigenvalue weighted by molar-refractivity contribution is 0.102. The maximum absolute atomic E-state index is 12.0. The molecule has 0 bridgehead atoms. The predicted molar refractivity (Wildman–Crippen MR) is 79.6 cm³/mol. The third kappa shape index (κ3) is 3.77.